The largest absolute Gasteiger partial charge is 0.0979 e. The lowest BCUT2D eigenvalue weighted by Gasteiger charge is -2.17. The summed E-state index contributed by atoms with van der Waals surface area (Å²) in [4.78, 5) is 5.00. The van der Waals surface area contributed by atoms with E-state index in [1.54, 1.807) is 23.5 Å². The maximum absolute atomic E-state index is 3.82. The Morgan fingerprint density at radius 2 is 1.29 bits per heavy atom. The van der Waals surface area contributed by atoms with Crippen molar-refractivity contribution in [2.45, 2.75) is 9.79 Å². The third kappa shape index (κ3) is 1.68. The average molecular weight is 218 g/mol. The molecule has 14 heavy (non-hydrogen) atoms. The van der Waals surface area contributed by atoms with Gasteiger partial charge in [-0.1, -0.05) is 61.0 Å². The average Bonchev–Trinajstić information content (AvgIpc) is 2.27. The van der Waals surface area contributed by atoms with Crippen LogP contribution < -0.4 is 0 Å². The zero-order chi connectivity index (χ0) is 9.97. The predicted octanol–water partition coefficient (Wildman–Crippen LogP) is 4.47. The van der Waals surface area contributed by atoms with Gasteiger partial charge in [-0.15, -0.1) is 0 Å². The Morgan fingerprint density at radius 3 is 1.64 bits per heavy atom. The van der Waals surface area contributed by atoms with Gasteiger partial charge >= 0.3 is 0 Å². The summed E-state index contributed by atoms with van der Waals surface area (Å²) in [6.45, 7) is 7.63. The third-order valence-electron chi connectivity index (χ3n) is 1.90. The van der Waals surface area contributed by atoms with Crippen molar-refractivity contribution in [1.29, 1.82) is 0 Å². The van der Waals surface area contributed by atoms with Crippen LogP contribution in [0, 0.1) is 0 Å². The molecule has 0 atom stereocenters. The summed E-state index contributed by atoms with van der Waals surface area (Å²) in [7, 11) is 0. The van der Waals surface area contributed by atoms with Gasteiger partial charge in [-0.2, -0.15) is 0 Å². The Kier molecular flexibility index (Phi) is 2.85. The standard InChI is InChI=1S/C12H10S2/c1-3-9-10(4-2)14-12-8-6-5-7-11(12)13-9/h3-8H,1-2H2. The van der Waals surface area contributed by atoms with Gasteiger partial charge in [0, 0.05) is 19.6 Å². The van der Waals surface area contributed by atoms with Crippen molar-refractivity contribution in [3.63, 3.8) is 0 Å². The zero-order valence-electron chi connectivity index (χ0n) is 7.69. The van der Waals surface area contributed by atoms with E-state index in [-0.39, 0.29) is 0 Å². The van der Waals surface area contributed by atoms with Crippen LogP contribution in [0.2, 0.25) is 0 Å². The minimum absolute atomic E-state index is 1.20. The van der Waals surface area contributed by atoms with Gasteiger partial charge in [-0.05, 0) is 12.1 Å². The Labute approximate surface area is 92.8 Å². The molecule has 0 fully saturated rings. The first-order valence-corrected chi connectivity index (χ1v) is 5.92. The van der Waals surface area contributed by atoms with Crippen LogP contribution in [0.25, 0.3) is 0 Å². The summed E-state index contributed by atoms with van der Waals surface area (Å²) in [5.74, 6) is 0. The highest BCUT2D eigenvalue weighted by atomic mass is 32.2. The summed E-state index contributed by atoms with van der Waals surface area (Å²) in [5.41, 5.74) is 0. The molecule has 1 aromatic carbocycles. The van der Waals surface area contributed by atoms with E-state index in [0.717, 1.165) is 0 Å². The normalized spacial score (nSPS) is 14.9. The first kappa shape index (κ1) is 9.69. The van der Waals surface area contributed by atoms with E-state index in [2.05, 4.69) is 37.4 Å². The lowest BCUT2D eigenvalue weighted by Crippen LogP contribution is -1.88. The molecule has 0 saturated carbocycles. The van der Waals surface area contributed by atoms with E-state index in [9.17, 15) is 0 Å². The number of thioether (sulfide) groups is 2. The highest BCUT2D eigenvalue weighted by Gasteiger charge is 2.14. The number of hydrogen-bond donors (Lipinski definition) is 0. The minimum atomic E-state index is 1.20. The molecule has 0 aromatic heterocycles. The summed E-state index contributed by atoms with van der Waals surface area (Å²) < 4.78 is 0. The third-order valence-corrected chi connectivity index (χ3v) is 4.53. The van der Waals surface area contributed by atoms with Gasteiger partial charge in [0.25, 0.3) is 0 Å². The molecule has 1 aliphatic rings. The van der Waals surface area contributed by atoms with Gasteiger partial charge in [-0.3, -0.25) is 0 Å². The topological polar surface area (TPSA) is 0 Å². The van der Waals surface area contributed by atoms with Crippen LogP contribution in [-0.2, 0) is 0 Å². The van der Waals surface area contributed by atoms with Gasteiger partial charge in [0.15, 0.2) is 0 Å². The lowest BCUT2D eigenvalue weighted by molar-refractivity contribution is 1.25. The van der Waals surface area contributed by atoms with Crippen molar-refractivity contribution >= 4 is 23.5 Å². The van der Waals surface area contributed by atoms with E-state index in [1.165, 1.54) is 19.6 Å². The van der Waals surface area contributed by atoms with Gasteiger partial charge in [0.05, 0.1) is 0 Å². The van der Waals surface area contributed by atoms with Crippen molar-refractivity contribution in [3.05, 3.63) is 59.4 Å². The summed E-state index contributed by atoms with van der Waals surface area (Å²) in [6.07, 6.45) is 3.79. The molecule has 1 aliphatic heterocycles. The summed E-state index contributed by atoms with van der Waals surface area (Å²) in [6, 6.07) is 8.39. The zero-order valence-corrected chi connectivity index (χ0v) is 9.33. The van der Waals surface area contributed by atoms with Crippen molar-refractivity contribution in [2.24, 2.45) is 0 Å². The molecule has 0 bridgehead atoms. The van der Waals surface area contributed by atoms with Crippen LogP contribution in [-0.4, -0.2) is 0 Å². The van der Waals surface area contributed by atoms with Gasteiger partial charge in [0.2, 0.25) is 0 Å². The second kappa shape index (κ2) is 4.11. The van der Waals surface area contributed by atoms with Crippen molar-refractivity contribution in [3.8, 4) is 0 Å². The number of allylic oxidation sites excluding steroid dienone is 2. The predicted molar refractivity (Wildman–Crippen MR) is 65.6 cm³/mol. The van der Waals surface area contributed by atoms with Crippen LogP contribution in [0.3, 0.4) is 0 Å². The molecule has 0 saturated heterocycles. The van der Waals surface area contributed by atoms with Crippen LogP contribution in [0.15, 0.2) is 69.2 Å². The second-order valence-corrected chi connectivity index (χ2v) is 4.96. The first-order valence-electron chi connectivity index (χ1n) is 4.29. The smallest absolute Gasteiger partial charge is 0.0262 e. The van der Waals surface area contributed by atoms with E-state index in [1.807, 2.05) is 12.2 Å². The molecule has 0 nitrogen and oxygen atoms in total. The number of fused-ring (bicyclic) bond motifs is 1. The van der Waals surface area contributed by atoms with Crippen molar-refractivity contribution in [1.82, 2.24) is 0 Å². The molecule has 70 valence electrons. The van der Waals surface area contributed by atoms with E-state index < -0.39 is 0 Å². The fourth-order valence-corrected chi connectivity index (χ4v) is 3.38. The maximum Gasteiger partial charge on any atom is 0.0262 e. The molecular formula is C12H10S2. The van der Waals surface area contributed by atoms with Crippen molar-refractivity contribution in [2.75, 3.05) is 0 Å². The second-order valence-electron chi connectivity index (χ2n) is 2.79. The SMILES string of the molecule is C=CC1=C(C=C)Sc2ccccc2S1. The van der Waals surface area contributed by atoms with Crippen LogP contribution >= 0.6 is 23.5 Å². The van der Waals surface area contributed by atoms with Crippen LogP contribution in [0.1, 0.15) is 0 Å². The molecular weight excluding hydrogens is 208 g/mol. The fourth-order valence-electron chi connectivity index (χ4n) is 1.24. The summed E-state index contributed by atoms with van der Waals surface area (Å²) >= 11 is 3.52. The quantitative estimate of drug-likeness (QED) is 0.718. The molecule has 1 aromatic rings. The molecule has 0 unspecified atom stereocenters. The molecule has 2 heteroatoms. The van der Waals surface area contributed by atoms with Gasteiger partial charge in [0.1, 0.15) is 0 Å². The van der Waals surface area contributed by atoms with Crippen LogP contribution in [0.4, 0.5) is 0 Å². The molecule has 0 aliphatic carbocycles. The number of rotatable bonds is 2. The van der Waals surface area contributed by atoms with Gasteiger partial charge in [-0.25, -0.2) is 0 Å². The fraction of sp³-hybridized carbons (Fsp3) is 0. The van der Waals surface area contributed by atoms with E-state index in [0.29, 0.717) is 0 Å². The lowest BCUT2D eigenvalue weighted by atomic mass is 10.4. The maximum atomic E-state index is 3.82. The monoisotopic (exact) mass is 218 g/mol. The Bertz CT molecular complexity index is 377. The Morgan fingerprint density at radius 1 is 0.857 bits per heavy atom. The molecule has 0 N–H and O–H groups in total. The molecule has 2 rings (SSSR count). The minimum Gasteiger partial charge on any atom is -0.0979 e. The number of hydrogen-bond acceptors (Lipinski definition) is 2. The highest BCUT2D eigenvalue weighted by Crippen LogP contribution is 2.47. The van der Waals surface area contributed by atoms with Crippen LogP contribution in [0.5, 0.6) is 0 Å². The highest BCUT2D eigenvalue weighted by molar-refractivity contribution is 8.09. The van der Waals surface area contributed by atoms with E-state index in [4.69, 9.17) is 0 Å². The molecule has 0 amide bonds. The van der Waals surface area contributed by atoms with E-state index >= 15 is 0 Å². The summed E-state index contributed by atoms with van der Waals surface area (Å²) in [5, 5.41) is 0. The molecule has 1 heterocycles. The van der Waals surface area contributed by atoms with Gasteiger partial charge < -0.3 is 0 Å². The molecule has 0 spiro atoms. The Hall–Kier alpha value is -0.860. The Balaban J connectivity index is 2.45. The number of benzene rings is 1. The first-order chi connectivity index (χ1) is 6.85. The molecule has 0 radical (unpaired) electrons. The van der Waals surface area contributed by atoms with Crippen molar-refractivity contribution < 1.29 is 0 Å².